The first-order chi connectivity index (χ1) is 17.7. The number of rotatable bonds is 6. The maximum absolute atomic E-state index is 13.0. The number of benzene rings is 2. The molecular weight excluding hydrogens is 470 g/mol. The first-order valence-electron chi connectivity index (χ1n) is 12.1. The van der Waals surface area contributed by atoms with Gasteiger partial charge in [0.2, 0.25) is 0 Å². The third-order valence-corrected chi connectivity index (χ3v) is 5.81. The number of hydrogen-bond acceptors (Lipinski definition) is 5. The zero-order valence-corrected chi connectivity index (χ0v) is 21.1. The second kappa shape index (κ2) is 11.1. The van der Waals surface area contributed by atoms with E-state index in [1.807, 2.05) is 45.0 Å². The molecule has 37 heavy (non-hydrogen) atoms. The number of nitrogens with zero attached hydrogens (tertiary/aromatic N) is 1. The number of urea groups is 1. The highest BCUT2D eigenvalue weighted by Gasteiger charge is 2.25. The van der Waals surface area contributed by atoms with Crippen LogP contribution in [0.1, 0.15) is 60.3 Å². The van der Waals surface area contributed by atoms with Crippen molar-refractivity contribution in [1.29, 1.82) is 0 Å². The molecule has 0 radical (unpaired) electrons. The van der Waals surface area contributed by atoms with Crippen molar-refractivity contribution in [3.8, 4) is 5.75 Å². The predicted molar refractivity (Wildman–Crippen MR) is 140 cm³/mol. The maximum Gasteiger partial charge on any atom is 0.413 e. The van der Waals surface area contributed by atoms with E-state index < -0.39 is 11.6 Å². The first kappa shape index (κ1) is 25.7. The highest BCUT2D eigenvalue weighted by atomic mass is 16.6. The van der Waals surface area contributed by atoms with Crippen LogP contribution in [0.5, 0.6) is 5.75 Å². The van der Waals surface area contributed by atoms with Crippen LogP contribution >= 0.6 is 0 Å². The molecule has 2 aromatic carbocycles. The topological polar surface area (TPSA) is 121 Å². The first-order valence-corrected chi connectivity index (χ1v) is 12.1. The average Bonchev–Trinajstić information content (AvgIpc) is 3.25. The fourth-order valence-electron chi connectivity index (χ4n) is 4.09. The van der Waals surface area contributed by atoms with E-state index in [4.69, 9.17) is 4.74 Å². The lowest BCUT2D eigenvalue weighted by Gasteiger charge is -2.20. The molecule has 4 N–H and O–H groups in total. The fraction of sp³-hybridized carbons (Fsp3) is 0.286. The molecule has 0 saturated carbocycles. The van der Waals surface area contributed by atoms with Crippen LogP contribution in [0.3, 0.4) is 0 Å². The van der Waals surface area contributed by atoms with E-state index >= 15 is 0 Å². The standard InChI is InChI=1S/C28H31N5O4/c1-28(2,3)33-27(36)37-24-7-5-4-6-23(24)31-25(34)20-8-10-21-19(16-20)9-11-22(21)32-26(35)30-17-18-12-14-29-15-13-18/h4-8,10,12-16,22H,9,11,17H2,1-3H3,(H,31,34)(H,33,36)(H2,30,32,35). The lowest BCUT2D eigenvalue weighted by atomic mass is 10.0. The van der Waals surface area contributed by atoms with Crippen molar-refractivity contribution in [1.82, 2.24) is 20.9 Å². The molecule has 0 bridgehead atoms. The van der Waals surface area contributed by atoms with E-state index in [0.29, 0.717) is 17.8 Å². The summed E-state index contributed by atoms with van der Waals surface area (Å²) in [5.41, 5.74) is 3.40. The smallest absolute Gasteiger partial charge is 0.408 e. The third-order valence-electron chi connectivity index (χ3n) is 5.81. The summed E-state index contributed by atoms with van der Waals surface area (Å²) in [6, 6.07) is 15.6. The predicted octanol–water partition coefficient (Wildman–Crippen LogP) is 4.71. The maximum atomic E-state index is 13.0. The van der Waals surface area contributed by atoms with Gasteiger partial charge in [-0.05, 0) is 86.7 Å². The van der Waals surface area contributed by atoms with Crippen LogP contribution in [-0.2, 0) is 13.0 Å². The Hall–Kier alpha value is -4.40. The van der Waals surface area contributed by atoms with Crippen molar-refractivity contribution in [3.63, 3.8) is 0 Å². The van der Waals surface area contributed by atoms with Gasteiger partial charge in [0.1, 0.15) is 0 Å². The number of amides is 4. The molecule has 192 valence electrons. The summed E-state index contributed by atoms with van der Waals surface area (Å²) in [5, 5.41) is 11.4. The van der Waals surface area contributed by atoms with Gasteiger partial charge >= 0.3 is 12.1 Å². The Kier molecular flexibility index (Phi) is 7.71. The monoisotopic (exact) mass is 501 g/mol. The number of fused-ring (bicyclic) bond motifs is 1. The van der Waals surface area contributed by atoms with Crippen molar-refractivity contribution in [2.45, 2.75) is 51.7 Å². The molecule has 0 saturated heterocycles. The van der Waals surface area contributed by atoms with Crippen LogP contribution in [-0.4, -0.2) is 28.6 Å². The van der Waals surface area contributed by atoms with Gasteiger partial charge in [0.05, 0.1) is 11.7 Å². The fourth-order valence-corrected chi connectivity index (χ4v) is 4.09. The van der Waals surface area contributed by atoms with E-state index in [1.165, 1.54) is 0 Å². The molecule has 1 atom stereocenters. The van der Waals surface area contributed by atoms with Gasteiger partial charge in [-0.2, -0.15) is 0 Å². The molecule has 0 fully saturated rings. The summed E-state index contributed by atoms with van der Waals surface area (Å²) in [7, 11) is 0. The Morgan fingerprint density at radius 3 is 2.54 bits per heavy atom. The molecule has 0 spiro atoms. The van der Waals surface area contributed by atoms with E-state index in [-0.39, 0.29) is 23.7 Å². The van der Waals surface area contributed by atoms with Crippen molar-refractivity contribution < 1.29 is 19.1 Å². The molecule has 0 aliphatic heterocycles. The largest absolute Gasteiger partial charge is 0.413 e. The van der Waals surface area contributed by atoms with Crippen LogP contribution < -0.4 is 26.0 Å². The molecule has 9 heteroatoms. The molecule has 1 unspecified atom stereocenters. The molecule has 4 amide bonds. The number of ether oxygens (including phenoxy) is 1. The summed E-state index contributed by atoms with van der Waals surface area (Å²) in [6.45, 7) is 5.97. The average molecular weight is 502 g/mol. The van der Waals surface area contributed by atoms with Gasteiger partial charge in [0.15, 0.2) is 5.75 Å². The number of aryl methyl sites for hydroxylation is 1. The zero-order valence-electron chi connectivity index (χ0n) is 21.1. The van der Waals surface area contributed by atoms with Crippen LogP contribution in [0, 0.1) is 0 Å². The molecule has 1 aromatic heterocycles. The molecule has 1 heterocycles. The number of aromatic nitrogens is 1. The molecule has 1 aliphatic carbocycles. The summed E-state index contributed by atoms with van der Waals surface area (Å²) >= 11 is 0. The Morgan fingerprint density at radius 1 is 1.03 bits per heavy atom. The number of pyridine rings is 1. The Bertz CT molecular complexity index is 1290. The minimum Gasteiger partial charge on any atom is -0.408 e. The molecule has 1 aliphatic rings. The third kappa shape index (κ3) is 7.07. The lowest BCUT2D eigenvalue weighted by molar-refractivity contribution is 0.102. The Morgan fingerprint density at radius 2 is 1.78 bits per heavy atom. The number of hydrogen-bond donors (Lipinski definition) is 4. The van der Waals surface area contributed by atoms with Crippen molar-refractivity contribution in [3.05, 3.63) is 89.2 Å². The summed E-state index contributed by atoms with van der Waals surface area (Å²) in [5.74, 6) is -0.0672. The minimum absolute atomic E-state index is 0.125. The number of para-hydroxylation sites is 2. The van der Waals surface area contributed by atoms with Crippen LogP contribution in [0.15, 0.2) is 67.0 Å². The normalized spacial score (nSPS) is 14.3. The van der Waals surface area contributed by atoms with Crippen molar-refractivity contribution in [2.24, 2.45) is 0 Å². The summed E-state index contributed by atoms with van der Waals surface area (Å²) < 4.78 is 5.42. The second-order valence-corrected chi connectivity index (χ2v) is 9.90. The number of nitrogens with one attached hydrogen (secondary N) is 4. The highest BCUT2D eigenvalue weighted by Crippen LogP contribution is 2.32. The Balaban J connectivity index is 1.37. The van der Waals surface area contributed by atoms with Crippen LogP contribution in [0.4, 0.5) is 15.3 Å². The number of carbonyl (C=O) groups excluding carboxylic acids is 3. The molecule has 4 rings (SSSR count). The van der Waals surface area contributed by atoms with Crippen molar-refractivity contribution in [2.75, 3.05) is 5.32 Å². The van der Waals surface area contributed by atoms with E-state index in [9.17, 15) is 14.4 Å². The van der Waals surface area contributed by atoms with Gasteiger partial charge in [0.25, 0.3) is 5.91 Å². The van der Waals surface area contributed by atoms with Gasteiger partial charge in [-0.3, -0.25) is 9.78 Å². The quantitative estimate of drug-likeness (QED) is 0.390. The van der Waals surface area contributed by atoms with E-state index in [1.54, 1.807) is 42.7 Å². The second-order valence-electron chi connectivity index (χ2n) is 9.90. The molecule has 9 nitrogen and oxygen atoms in total. The van der Waals surface area contributed by atoms with E-state index in [0.717, 1.165) is 29.5 Å². The molecule has 3 aromatic rings. The molecular formula is C28H31N5O4. The van der Waals surface area contributed by atoms with Crippen molar-refractivity contribution >= 4 is 23.7 Å². The highest BCUT2D eigenvalue weighted by molar-refractivity contribution is 6.05. The van der Waals surface area contributed by atoms with Gasteiger partial charge in [-0.15, -0.1) is 0 Å². The van der Waals surface area contributed by atoms with Crippen LogP contribution in [0.25, 0.3) is 0 Å². The zero-order chi connectivity index (χ0) is 26.4. The summed E-state index contributed by atoms with van der Waals surface area (Å²) in [4.78, 5) is 41.6. The lowest BCUT2D eigenvalue weighted by Crippen LogP contribution is -2.42. The van der Waals surface area contributed by atoms with Gasteiger partial charge in [-0.1, -0.05) is 18.2 Å². The summed E-state index contributed by atoms with van der Waals surface area (Å²) in [6.07, 6.45) is 4.27. The number of anilines is 1. The van der Waals surface area contributed by atoms with Gasteiger partial charge in [0, 0.05) is 30.0 Å². The Labute approximate surface area is 216 Å². The van der Waals surface area contributed by atoms with E-state index in [2.05, 4.69) is 26.3 Å². The van der Waals surface area contributed by atoms with Gasteiger partial charge < -0.3 is 26.0 Å². The SMILES string of the molecule is CC(C)(C)NC(=O)Oc1ccccc1NC(=O)c1ccc2c(c1)CCC2NC(=O)NCc1ccncc1. The minimum atomic E-state index is -0.602. The van der Waals surface area contributed by atoms with Crippen LogP contribution in [0.2, 0.25) is 0 Å². The number of carbonyl (C=O) groups is 3. The van der Waals surface area contributed by atoms with Gasteiger partial charge in [-0.25, -0.2) is 9.59 Å².